The average molecular weight is 216 g/mol. The van der Waals surface area contributed by atoms with E-state index in [-0.39, 0.29) is 0 Å². The molecule has 1 atom stereocenters. The fourth-order valence-electron chi connectivity index (χ4n) is 1.93. The number of anilines is 1. The summed E-state index contributed by atoms with van der Waals surface area (Å²) in [4.78, 5) is 0. The van der Waals surface area contributed by atoms with E-state index in [0.29, 0.717) is 12.0 Å². The molecule has 0 radical (unpaired) electrons. The van der Waals surface area contributed by atoms with E-state index < -0.39 is 0 Å². The number of hydrogen-bond donors (Lipinski definition) is 1. The Morgan fingerprint density at radius 3 is 2.50 bits per heavy atom. The van der Waals surface area contributed by atoms with E-state index in [1.807, 2.05) is 25.1 Å². The zero-order chi connectivity index (χ0) is 12.1. The second-order valence-electron chi connectivity index (χ2n) is 4.82. The van der Waals surface area contributed by atoms with Gasteiger partial charge in [0.2, 0.25) is 0 Å². The molecule has 1 unspecified atom stereocenters. The number of rotatable bonds is 4. The molecule has 2 nitrogen and oxygen atoms in total. The Morgan fingerprint density at radius 1 is 1.31 bits per heavy atom. The molecule has 0 aliphatic carbocycles. The van der Waals surface area contributed by atoms with Gasteiger partial charge in [-0.3, -0.25) is 0 Å². The van der Waals surface area contributed by atoms with Crippen molar-refractivity contribution in [3.05, 3.63) is 29.3 Å². The zero-order valence-electron chi connectivity index (χ0n) is 10.5. The van der Waals surface area contributed by atoms with Gasteiger partial charge in [0.1, 0.15) is 0 Å². The van der Waals surface area contributed by atoms with Gasteiger partial charge in [-0.25, -0.2) is 0 Å². The molecular weight excluding hydrogens is 196 g/mol. The topological polar surface area (TPSA) is 35.8 Å². The first-order valence-electron chi connectivity index (χ1n) is 5.80. The Hall–Kier alpha value is -1.49. The Kier molecular flexibility index (Phi) is 4.37. The quantitative estimate of drug-likeness (QED) is 0.832. The van der Waals surface area contributed by atoms with E-state index >= 15 is 0 Å². The van der Waals surface area contributed by atoms with Crippen LogP contribution < -0.4 is 5.32 Å². The SMILES string of the molecule is Cc1cc(NC(C)CC(C)C)ccc1C#N. The molecule has 0 bridgehead atoms. The van der Waals surface area contributed by atoms with Crippen LogP contribution in [0.5, 0.6) is 0 Å². The van der Waals surface area contributed by atoms with Crippen molar-refractivity contribution in [2.45, 2.75) is 40.2 Å². The van der Waals surface area contributed by atoms with Gasteiger partial charge in [0.05, 0.1) is 11.6 Å². The molecule has 0 spiro atoms. The zero-order valence-corrected chi connectivity index (χ0v) is 10.5. The lowest BCUT2D eigenvalue weighted by Crippen LogP contribution is -2.17. The highest BCUT2D eigenvalue weighted by atomic mass is 14.9. The summed E-state index contributed by atoms with van der Waals surface area (Å²) in [6, 6.07) is 8.53. The molecule has 1 aromatic carbocycles. The van der Waals surface area contributed by atoms with Crippen LogP contribution >= 0.6 is 0 Å². The average Bonchev–Trinajstić information content (AvgIpc) is 2.16. The van der Waals surface area contributed by atoms with Crippen LogP contribution in [-0.4, -0.2) is 6.04 Å². The minimum Gasteiger partial charge on any atom is -0.383 e. The molecule has 2 heteroatoms. The number of nitriles is 1. The molecule has 16 heavy (non-hydrogen) atoms. The fraction of sp³-hybridized carbons (Fsp3) is 0.500. The summed E-state index contributed by atoms with van der Waals surface area (Å²) in [5.41, 5.74) is 2.89. The van der Waals surface area contributed by atoms with Crippen LogP contribution in [0.4, 0.5) is 5.69 Å². The summed E-state index contributed by atoms with van der Waals surface area (Å²) < 4.78 is 0. The van der Waals surface area contributed by atoms with Gasteiger partial charge < -0.3 is 5.32 Å². The lowest BCUT2D eigenvalue weighted by Gasteiger charge is -2.17. The summed E-state index contributed by atoms with van der Waals surface area (Å²) in [6.45, 7) is 8.61. The summed E-state index contributed by atoms with van der Waals surface area (Å²) >= 11 is 0. The van der Waals surface area contributed by atoms with E-state index in [4.69, 9.17) is 5.26 Å². The number of nitrogens with zero attached hydrogens (tertiary/aromatic N) is 1. The minimum atomic E-state index is 0.465. The molecular formula is C14H20N2. The van der Waals surface area contributed by atoms with Gasteiger partial charge in [-0.1, -0.05) is 13.8 Å². The predicted molar refractivity (Wildman–Crippen MR) is 68.4 cm³/mol. The van der Waals surface area contributed by atoms with E-state index in [1.54, 1.807) is 0 Å². The van der Waals surface area contributed by atoms with Crippen molar-refractivity contribution >= 4 is 5.69 Å². The number of aryl methyl sites for hydroxylation is 1. The molecule has 0 fully saturated rings. The maximum atomic E-state index is 8.84. The normalized spacial score (nSPS) is 12.2. The first-order valence-corrected chi connectivity index (χ1v) is 5.80. The van der Waals surface area contributed by atoms with Crippen LogP contribution in [0.25, 0.3) is 0 Å². The van der Waals surface area contributed by atoms with E-state index in [1.165, 1.54) is 0 Å². The number of hydrogen-bond acceptors (Lipinski definition) is 2. The van der Waals surface area contributed by atoms with Crippen LogP contribution in [0.2, 0.25) is 0 Å². The Labute approximate surface area is 98.3 Å². The second-order valence-corrected chi connectivity index (χ2v) is 4.82. The Balaban J connectivity index is 2.69. The highest BCUT2D eigenvalue weighted by Gasteiger charge is 2.05. The number of benzene rings is 1. The van der Waals surface area contributed by atoms with Crippen LogP contribution in [-0.2, 0) is 0 Å². The molecule has 0 aliphatic heterocycles. The smallest absolute Gasteiger partial charge is 0.0994 e. The van der Waals surface area contributed by atoms with Crippen LogP contribution in [0, 0.1) is 24.2 Å². The van der Waals surface area contributed by atoms with Crippen molar-refractivity contribution in [2.24, 2.45) is 5.92 Å². The Morgan fingerprint density at radius 2 is 2.00 bits per heavy atom. The van der Waals surface area contributed by atoms with Gasteiger partial charge in [-0.05, 0) is 49.9 Å². The first kappa shape index (κ1) is 12.6. The van der Waals surface area contributed by atoms with Crippen molar-refractivity contribution in [3.8, 4) is 6.07 Å². The van der Waals surface area contributed by atoms with Gasteiger partial charge in [-0.15, -0.1) is 0 Å². The summed E-state index contributed by atoms with van der Waals surface area (Å²) in [6.07, 6.45) is 1.15. The molecule has 0 amide bonds. The summed E-state index contributed by atoms with van der Waals surface area (Å²) in [7, 11) is 0. The number of nitrogens with one attached hydrogen (secondary N) is 1. The maximum absolute atomic E-state index is 8.84. The van der Waals surface area contributed by atoms with Crippen molar-refractivity contribution in [3.63, 3.8) is 0 Å². The molecule has 86 valence electrons. The van der Waals surface area contributed by atoms with Crippen molar-refractivity contribution in [2.75, 3.05) is 5.32 Å². The molecule has 0 aromatic heterocycles. The molecule has 0 aliphatic rings. The minimum absolute atomic E-state index is 0.465. The third-order valence-electron chi connectivity index (χ3n) is 2.58. The van der Waals surface area contributed by atoms with Crippen molar-refractivity contribution in [1.29, 1.82) is 5.26 Å². The summed E-state index contributed by atoms with van der Waals surface area (Å²) in [5, 5.41) is 12.3. The first-order chi connectivity index (χ1) is 7.52. The fourth-order valence-corrected chi connectivity index (χ4v) is 1.93. The second kappa shape index (κ2) is 5.55. The maximum Gasteiger partial charge on any atom is 0.0994 e. The largest absolute Gasteiger partial charge is 0.383 e. The van der Waals surface area contributed by atoms with Gasteiger partial charge in [-0.2, -0.15) is 5.26 Å². The molecule has 1 aromatic rings. The van der Waals surface area contributed by atoms with Crippen molar-refractivity contribution in [1.82, 2.24) is 0 Å². The summed E-state index contributed by atoms with van der Waals surface area (Å²) in [5.74, 6) is 0.696. The highest BCUT2D eigenvalue weighted by molar-refractivity contribution is 5.51. The highest BCUT2D eigenvalue weighted by Crippen LogP contribution is 2.17. The van der Waals surface area contributed by atoms with Gasteiger partial charge >= 0.3 is 0 Å². The van der Waals surface area contributed by atoms with Crippen molar-refractivity contribution < 1.29 is 0 Å². The Bertz CT molecular complexity index is 388. The third kappa shape index (κ3) is 3.58. The van der Waals surface area contributed by atoms with Crippen LogP contribution in [0.3, 0.4) is 0 Å². The molecule has 0 saturated heterocycles. The van der Waals surface area contributed by atoms with E-state index in [2.05, 4.69) is 32.2 Å². The lowest BCUT2D eigenvalue weighted by atomic mass is 10.0. The van der Waals surface area contributed by atoms with Crippen LogP contribution in [0.15, 0.2) is 18.2 Å². The van der Waals surface area contributed by atoms with Gasteiger partial charge in [0, 0.05) is 11.7 Å². The van der Waals surface area contributed by atoms with Crippen LogP contribution in [0.1, 0.15) is 38.3 Å². The van der Waals surface area contributed by atoms with E-state index in [9.17, 15) is 0 Å². The standard InChI is InChI=1S/C14H20N2/c1-10(2)7-12(4)16-14-6-5-13(9-15)11(3)8-14/h5-6,8,10,12,16H,7H2,1-4H3. The molecule has 0 saturated carbocycles. The monoisotopic (exact) mass is 216 g/mol. The van der Waals surface area contributed by atoms with E-state index in [0.717, 1.165) is 23.2 Å². The molecule has 1 rings (SSSR count). The molecule has 0 heterocycles. The lowest BCUT2D eigenvalue weighted by molar-refractivity contribution is 0.540. The van der Waals surface area contributed by atoms with Gasteiger partial charge in [0.25, 0.3) is 0 Å². The predicted octanol–water partition coefficient (Wildman–Crippen LogP) is 3.71. The van der Waals surface area contributed by atoms with Gasteiger partial charge in [0.15, 0.2) is 0 Å². The molecule has 1 N–H and O–H groups in total. The third-order valence-corrected chi connectivity index (χ3v) is 2.58.